The first kappa shape index (κ1) is 15.9. The molecule has 1 aliphatic rings. The summed E-state index contributed by atoms with van der Waals surface area (Å²) in [6.45, 7) is 3.84. The molecule has 1 unspecified atom stereocenters. The van der Waals surface area contributed by atoms with E-state index >= 15 is 0 Å². The van der Waals surface area contributed by atoms with Gasteiger partial charge in [-0.15, -0.1) is 0 Å². The summed E-state index contributed by atoms with van der Waals surface area (Å²) in [6, 6.07) is 5.93. The fraction of sp³-hybridized carbons (Fsp3) is 0.500. The summed E-state index contributed by atoms with van der Waals surface area (Å²) in [6.07, 6.45) is 0. The van der Waals surface area contributed by atoms with Crippen molar-refractivity contribution in [3.8, 4) is 0 Å². The largest absolute Gasteiger partial charge is 0.478 e. The van der Waals surface area contributed by atoms with Crippen LogP contribution in [0.15, 0.2) is 24.3 Å². The third-order valence-electron chi connectivity index (χ3n) is 3.68. The van der Waals surface area contributed by atoms with Crippen LogP contribution in [0.5, 0.6) is 0 Å². The summed E-state index contributed by atoms with van der Waals surface area (Å²) < 4.78 is 26.5. The Morgan fingerprint density at radius 1 is 1.29 bits per heavy atom. The summed E-state index contributed by atoms with van der Waals surface area (Å²) >= 11 is 0. The average Bonchev–Trinajstić information content (AvgIpc) is 2.38. The fourth-order valence-corrected chi connectivity index (χ4v) is 4.33. The van der Waals surface area contributed by atoms with Crippen LogP contribution in [0.2, 0.25) is 0 Å². The van der Waals surface area contributed by atoms with E-state index in [1.54, 1.807) is 12.1 Å². The van der Waals surface area contributed by atoms with Gasteiger partial charge in [0.1, 0.15) is 0 Å². The molecule has 0 radical (unpaired) electrons. The maximum atomic E-state index is 12.5. The van der Waals surface area contributed by atoms with Crippen LogP contribution in [0.1, 0.15) is 22.8 Å². The number of carbonyl (C=O) groups is 1. The van der Waals surface area contributed by atoms with Crippen molar-refractivity contribution < 1.29 is 18.3 Å². The van der Waals surface area contributed by atoms with Crippen molar-refractivity contribution in [2.45, 2.75) is 18.7 Å². The monoisotopic (exact) mass is 312 g/mol. The van der Waals surface area contributed by atoms with E-state index in [0.717, 1.165) is 13.1 Å². The van der Waals surface area contributed by atoms with Crippen molar-refractivity contribution in [3.63, 3.8) is 0 Å². The Balaban J connectivity index is 2.12. The highest BCUT2D eigenvalue weighted by Gasteiger charge is 2.31. The first-order valence-electron chi connectivity index (χ1n) is 6.80. The van der Waals surface area contributed by atoms with Gasteiger partial charge in [-0.1, -0.05) is 12.1 Å². The van der Waals surface area contributed by atoms with Gasteiger partial charge in [-0.05, 0) is 31.7 Å². The van der Waals surface area contributed by atoms with Crippen molar-refractivity contribution in [2.24, 2.45) is 0 Å². The number of hydrogen-bond donors (Lipinski definition) is 1. The van der Waals surface area contributed by atoms with Gasteiger partial charge in [-0.25, -0.2) is 13.2 Å². The van der Waals surface area contributed by atoms with Crippen LogP contribution in [0.25, 0.3) is 0 Å². The molecule has 116 valence electrons. The van der Waals surface area contributed by atoms with Gasteiger partial charge in [-0.2, -0.15) is 4.31 Å². The van der Waals surface area contributed by atoms with E-state index in [1.807, 2.05) is 14.0 Å². The zero-order chi connectivity index (χ0) is 15.6. The number of likely N-dealkylation sites (N-methyl/N-ethyl adjacent to an activating group) is 1. The maximum absolute atomic E-state index is 12.5. The third-order valence-corrected chi connectivity index (χ3v) is 5.63. The van der Waals surface area contributed by atoms with Gasteiger partial charge >= 0.3 is 5.97 Å². The molecule has 0 saturated carbocycles. The fourth-order valence-electron chi connectivity index (χ4n) is 2.57. The Bertz CT molecular complexity index is 612. The van der Waals surface area contributed by atoms with Crippen molar-refractivity contribution in [2.75, 3.05) is 26.7 Å². The van der Waals surface area contributed by atoms with Crippen LogP contribution in [0, 0.1) is 0 Å². The van der Waals surface area contributed by atoms with Crippen LogP contribution in [0.4, 0.5) is 0 Å². The molecule has 1 aromatic rings. The molecule has 0 aliphatic carbocycles. The van der Waals surface area contributed by atoms with Crippen LogP contribution in [0.3, 0.4) is 0 Å². The second-order valence-corrected chi connectivity index (χ2v) is 7.40. The maximum Gasteiger partial charge on any atom is 0.335 e. The predicted molar refractivity (Wildman–Crippen MR) is 79.7 cm³/mol. The number of aromatic carboxylic acids is 1. The molecule has 7 heteroatoms. The van der Waals surface area contributed by atoms with Crippen LogP contribution < -0.4 is 0 Å². The summed E-state index contributed by atoms with van der Waals surface area (Å²) in [7, 11) is -1.41. The molecular formula is C14H20N2O4S. The molecule has 21 heavy (non-hydrogen) atoms. The molecular weight excluding hydrogens is 292 g/mol. The Morgan fingerprint density at radius 3 is 2.43 bits per heavy atom. The summed E-state index contributed by atoms with van der Waals surface area (Å²) in [5.41, 5.74) is 0.759. The van der Waals surface area contributed by atoms with E-state index in [4.69, 9.17) is 5.11 Å². The number of piperazine rings is 1. The Labute approximate surface area is 125 Å². The summed E-state index contributed by atoms with van der Waals surface area (Å²) in [5, 5.41) is 8.84. The van der Waals surface area contributed by atoms with E-state index in [2.05, 4.69) is 4.90 Å². The topological polar surface area (TPSA) is 77.9 Å². The van der Waals surface area contributed by atoms with Crippen LogP contribution in [-0.2, 0) is 15.8 Å². The molecule has 1 saturated heterocycles. The molecule has 1 aliphatic heterocycles. The van der Waals surface area contributed by atoms with E-state index < -0.39 is 16.0 Å². The van der Waals surface area contributed by atoms with Crippen LogP contribution in [-0.4, -0.2) is 61.4 Å². The number of nitrogens with zero attached hydrogens (tertiary/aromatic N) is 2. The van der Waals surface area contributed by atoms with E-state index in [1.165, 1.54) is 16.4 Å². The summed E-state index contributed by atoms with van der Waals surface area (Å²) in [5.74, 6) is -1.11. The molecule has 6 nitrogen and oxygen atoms in total. The van der Waals surface area contributed by atoms with Gasteiger partial charge in [0.2, 0.25) is 10.0 Å². The van der Waals surface area contributed by atoms with Gasteiger partial charge < -0.3 is 10.0 Å². The smallest absolute Gasteiger partial charge is 0.335 e. The lowest BCUT2D eigenvalue weighted by atomic mass is 10.1. The highest BCUT2D eigenvalue weighted by molar-refractivity contribution is 7.88. The van der Waals surface area contributed by atoms with Crippen LogP contribution >= 0.6 is 0 Å². The lowest BCUT2D eigenvalue weighted by molar-refractivity contribution is 0.0697. The number of carboxylic acids is 1. The highest BCUT2D eigenvalue weighted by Crippen LogP contribution is 2.18. The molecule has 1 fully saturated rings. The minimum atomic E-state index is -3.38. The Hall–Kier alpha value is -1.44. The zero-order valence-corrected chi connectivity index (χ0v) is 13.0. The third kappa shape index (κ3) is 3.81. The molecule has 0 amide bonds. The SMILES string of the molecule is CC1CN(C)CCN1S(=O)(=O)Cc1ccc(C(=O)O)cc1. The molecule has 0 aromatic heterocycles. The normalized spacial score (nSPS) is 21.3. The molecule has 0 spiro atoms. The summed E-state index contributed by atoms with van der Waals surface area (Å²) in [4.78, 5) is 12.9. The second-order valence-electron chi connectivity index (χ2n) is 5.48. The van der Waals surface area contributed by atoms with E-state index in [-0.39, 0.29) is 17.4 Å². The molecule has 1 heterocycles. The quantitative estimate of drug-likeness (QED) is 0.892. The van der Waals surface area contributed by atoms with E-state index in [9.17, 15) is 13.2 Å². The minimum absolute atomic E-state index is 0.0490. The van der Waals surface area contributed by atoms with Crippen molar-refractivity contribution in [3.05, 3.63) is 35.4 Å². The lowest BCUT2D eigenvalue weighted by Crippen LogP contribution is -2.52. The molecule has 1 aromatic carbocycles. The number of benzene rings is 1. The van der Waals surface area contributed by atoms with Gasteiger partial charge in [-0.3, -0.25) is 0 Å². The van der Waals surface area contributed by atoms with Gasteiger partial charge in [0, 0.05) is 25.7 Å². The van der Waals surface area contributed by atoms with Gasteiger partial charge in [0.25, 0.3) is 0 Å². The standard InChI is InChI=1S/C14H20N2O4S/c1-11-9-15(2)7-8-16(11)21(19,20)10-12-3-5-13(6-4-12)14(17)18/h3-6,11H,7-10H2,1-2H3,(H,17,18). The second kappa shape index (κ2) is 6.13. The first-order valence-corrected chi connectivity index (χ1v) is 8.41. The Morgan fingerprint density at radius 2 is 1.90 bits per heavy atom. The van der Waals surface area contributed by atoms with Gasteiger partial charge in [0.05, 0.1) is 11.3 Å². The average molecular weight is 312 g/mol. The number of rotatable bonds is 4. The van der Waals surface area contributed by atoms with Gasteiger partial charge in [0.15, 0.2) is 0 Å². The van der Waals surface area contributed by atoms with Crippen molar-refractivity contribution >= 4 is 16.0 Å². The predicted octanol–water partition coefficient (Wildman–Crippen LogP) is 0.851. The van der Waals surface area contributed by atoms with E-state index in [0.29, 0.717) is 12.1 Å². The van der Waals surface area contributed by atoms with Crippen molar-refractivity contribution in [1.82, 2.24) is 9.21 Å². The van der Waals surface area contributed by atoms with Crippen molar-refractivity contribution in [1.29, 1.82) is 0 Å². The molecule has 1 N–H and O–H groups in total. The zero-order valence-electron chi connectivity index (χ0n) is 12.2. The number of carboxylic acid groups (broad SMARTS) is 1. The first-order chi connectivity index (χ1) is 9.79. The Kier molecular flexibility index (Phi) is 4.65. The highest BCUT2D eigenvalue weighted by atomic mass is 32.2. The molecule has 2 rings (SSSR count). The number of hydrogen-bond acceptors (Lipinski definition) is 4. The molecule has 0 bridgehead atoms. The molecule has 1 atom stereocenters. The minimum Gasteiger partial charge on any atom is -0.478 e. The lowest BCUT2D eigenvalue weighted by Gasteiger charge is -2.37. The number of sulfonamides is 1.